The Balaban J connectivity index is 2.33. The number of carbonyl (C=O) groups excluding carboxylic acids is 1. The maximum atomic E-state index is 11.7. The number of carbonyl (C=O) groups is 1. The number of nitrogens with one attached hydrogen (secondary N) is 2. The minimum atomic E-state index is -3.95. The SMILES string of the molecule is Cn1cc(S(N)(=O)=O)c(NC(=O)c2cn[nH]c2)n1. The molecule has 0 aromatic carbocycles. The first-order chi connectivity index (χ1) is 8.38. The van der Waals surface area contributed by atoms with Crippen molar-refractivity contribution in [2.75, 3.05) is 5.32 Å². The van der Waals surface area contributed by atoms with Gasteiger partial charge in [0, 0.05) is 19.4 Å². The molecule has 0 aliphatic heterocycles. The summed E-state index contributed by atoms with van der Waals surface area (Å²) in [4.78, 5) is 11.5. The molecule has 96 valence electrons. The van der Waals surface area contributed by atoms with E-state index in [0.717, 1.165) is 0 Å². The van der Waals surface area contributed by atoms with E-state index < -0.39 is 15.9 Å². The van der Waals surface area contributed by atoms with Gasteiger partial charge in [-0.1, -0.05) is 0 Å². The van der Waals surface area contributed by atoms with Crippen LogP contribution in [0.15, 0.2) is 23.5 Å². The summed E-state index contributed by atoms with van der Waals surface area (Å²) in [5.74, 6) is -0.654. The number of anilines is 1. The molecule has 0 atom stereocenters. The molecule has 0 fully saturated rings. The van der Waals surface area contributed by atoms with Crippen LogP contribution in [-0.2, 0) is 17.1 Å². The third-order valence-electron chi connectivity index (χ3n) is 2.09. The Hall–Kier alpha value is -2.20. The number of H-pyrrole nitrogens is 1. The monoisotopic (exact) mass is 270 g/mol. The van der Waals surface area contributed by atoms with E-state index in [1.165, 1.54) is 30.3 Å². The van der Waals surface area contributed by atoms with Crippen LogP contribution < -0.4 is 10.5 Å². The molecule has 0 bridgehead atoms. The van der Waals surface area contributed by atoms with Gasteiger partial charge in [0.25, 0.3) is 5.91 Å². The minimum absolute atomic E-state index is 0.119. The highest BCUT2D eigenvalue weighted by atomic mass is 32.2. The second-order valence-corrected chi connectivity index (χ2v) is 5.03. The van der Waals surface area contributed by atoms with E-state index in [-0.39, 0.29) is 16.3 Å². The van der Waals surface area contributed by atoms with Gasteiger partial charge >= 0.3 is 0 Å². The first-order valence-corrected chi connectivity index (χ1v) is 6.29. The van der Waals surface area contributed by atoms with Crippen LogP contribution in [0.1, 0.15) is 10.4 Å². The van der Waals surface area contributed by atoms with Crippen LogP contribution in [0.25, 0.3) is 0 Å². The van der Waals surface area contributed by atoms with Gasteiger partial charge in [-0.2, -0.15) is 10.2 Å². The van der Waals surface area contributed by atoms with Gasteiger partial charge in [0.2, 0.25) is 10.0 Å². The molecule has 0 saturated carbocycles. The number of primary sulfonamides is 1. The molecular formula is C8H10N6O3S. The molecule has 0 unspecified atom stereocenters. The van der Waals surface area contributed by atoms with E-state index in [4.69, 9.17) is 5.14 Å². The lowest BCUT2D eigenvalue weighted by atomic mass is 10.3. The summed E-state index contributed by atoms with van der Waals surface area (Å²) >= 11 is 0. The van der Waals surface area contributed by atoms with Crippen LogP contribution in [0.3, 0.4) is 0 Å². The molecule has 1 amide bonds. The Morgan fingerprint density at radius 1 is 1.56 bits per heavy atom. The fraction of sp³-hybridized carbons (Fsp3) is 0.125. The number of nitrogens with zero attached hydrogens (tertiary/aromatic N) is 3. The third-order valence-corrected chi connectivity index (χ3v) is 3.01. The van der Waals surface area contributed by atoms with Crippen molar-refractivity contribution in [1.82, 2.24) is 20.0 Å². The topological polar surface area (TPSA) is 136 Å². The molecular weight excluding hydrogens is 260 g/mol. The second kappa shape index (κ2) is 4.23. The number of hydrogen-bond acceptors (Lipinski definition) is 5. The number of aryl methyl sites for hydroxylation is 1. The molecule has 10 heteroatoms. The van der Waals surface area contributed by atoms with Gasteiger partial charge in [0.15, 0.2) is 5.82 Å². The van der Waals surface area contributed by atoms with Crippen molar-refractivity contribution in [3.8, 4) is 0 Å². The number of aromatic amines is 1. The second-order valence-electron chi connectivity index (χ2n) is 3.50. The van der Waals surface area contributed by atoms with Gasteiger partial charge in [-0.3, -0.25) is 14.6 Å². The molecule has 0 spiro atoms. The molecule has 0 aliphatic rings. The fourth-order valence-electron chi connectivity index (χ4n) is 1.32. The van der Waals surface area contributed by atoms with E-state index in [1.807, 2.05) is 0 Å². The molecule has 0 radical (unpaired) electrons. The van der Waals surface area contributed by atoms with Crippen molar-refractivity contribution in [2.24, 2.45) is 12.2 Å². The molecule has 4 N–H and O–H groups in total. The summed E-state index contributed by atoms with van der Waals surface area (Å²) in [6, 6.07) is 0. The van der Waals surface area contributed by atoms with Crippen LogP contribution in [0, 0.1) is 0 Å². The zero-order valence-corrected chi connectivity index (χ0v) is 10.1. The highest BCUT2D eigenvalue weighted by molar-refractivity contribution is 7.89. The molecule has 0 aliphatic carbocycles. The maximum absolute atomic E-state index is 11.7. The van der Waals surface area contributed by atoms with Crippen molar-refractivity contribution in [3.63, 3.8) is 0 Å². The summed E-state index contributed by atoms with van der Waals surface area (Å²) in [5, 5.41) is 17.3. The highest BCUT2D eigenvalue weighted by Crippen LogP contribution is 2.17. The summed E-state index contributed by atoms with van der Waals surface area (Å²) in [7, 11) is -2.43. The fourth-order valence-corrected chi connectivity index (χ4v) is 1.98. The first-order valence-electron chi connectivity index (χ1n) is 4.74. The highest BCUT2D eigenvalue weighted by Gasteiger charge is 2.20. The lowest BCUT2D eigenvalue weighted by molar-refractivity contribution is 0.102. The van der Waals surface area contributed by atoms with Gasteiger partial charge in [-0.25, -0.2) is 13.6 Å². The van der Waals surface area contributed by atoms with Crippen LogP contribution in [0.4, 0.5) is 5.82 Å². The van der Waals surface area contributed by atoms with Crippen molar-refractivity contribution in [3.05, 3.63) is 24.2 Å². The molecule has 2 aromatic heterocycles. The Bertz CT molecular complexity index is 672. The average molecular weight is 270 g/mol. The number of rotatable bonds is 3. The van der Waals surface area contributed by atoms with Crippen LogP contribution >= 0.6 is 0 Å². The van der Waals surface area contributed by atoms with Crippen molar-refractivity contribution >= 4 is 21.7 Å². The molecule has 2 rings (SSSR count). The Labute approximate surface area is 102 Å². The number of hydrogen-bond donors (Lipinski definition) is 3. The summed E-state index contributed by atoms with van der Waals surface area (Å²) in [5.41, 5.74) is 0.251. The molecule has 2 aromatic rings. The van der Waals surface area contributed by atoms with E-state index in [2.05, 4.69) is 20.6 Å². The zero-order chi connectivity index (χ0) is 13.3. The number of amides is 1. The van der Waals surface area contributed by atoms with Gasteiger partial charge < -0.3 is 5.32 Å². The Morgan fingerprint density at radius 3 is 2.83 bits per heavy atom. The lowest BCUT2D eigenvalue weighted by Crippen LogP contribution is -2.17. The largest absolute Gasteiger partial charge is 0.304 e. The summed E-state index contributed by atoms with van der Waals surface area (Å²) in [6.45, 7) is 0. The van der Waals surface area contributed by atoms with Crippen molar-refractivity contribution in [2.45, 2.75) is 4.90 Å². The average Bonchev–Trinajstić information content (AvgIpc) is 2.85. The van der Waals surface area contributed by atoms with E-state index in [0.29, 0.717) is 0 Å². The normalized spacial score (nSPS) is 11.4. The molecule has 2 heterocycles. The van der Waals surface area contributed by atoms with Gasteiger partial charge in [0.05, 0.1) is 11.8 Å². The Morgan fingerprint density at radius 2 is 2.28 bits per heavy atom. The summed E-state index contributed by atoms with van der Waals surface area (Å²) < 4.78 is 23.8. The molecule has 9 nitrogen and oxygen atoms in total. The lowest BCUT2D eigenvalue weighted by Gasteiger charge is -2.01. The zero-order valence-electron chi connectivity index (χ0n) is 9.28. The third kappa shape index (κ3) is 2.38. The van der Waals surface area contributed by atoms with Crippen molar-refractivity contribution in [1.29, 1.82) is 0 Å². The van der Waals surface area contributed by atoms with Crippen LogP contribution in [0.5, 0.6) is 0 Å². The standard InChI is InChI=1S/C8H10N6O3S/c1-14-4-6(18(9,16)17)7(13-14)12-8(15)5-2-10-11-3-5/h2-4H,1H3,(H,10,11)(H2,9,16,17)(H,12,13,15). The smallest absolute Gasteiger partial charge is 0.260 e. The van der Waals surface area contributed by atoms with E-state index in [1.54, 1.807) is 0 Å². The molecule has 0 saturated heterocycles. The predicted octanol–water partition coefficient (Wildman–Crippen LogP) is -0.957. The molecule has 18 heavy (non-hydrogen) atoms. The minimum Gasteiger partial charge on any atom is -0.304 e. The van der Waals surface area contributed by atoms with E-state index in [9.17, 15) is 13.2 Å². The number of sulfonamides is 1. The maximum Gasteiger partial charge on any atom is 0.260 e. The van der Waals surface area contributed by atoms with Gasteiger partial charge in [0.1, 0.15) is 4.90 Å². The van der Waals surface area contributed by atoms with E-state index >= 15 is 0 Å². The predicted molar refractivity (Wildman–Crippen MR) is 61.1 cm³/mol. The number of nitrogens with two attached hydrogens (primary N) is 1. The quantitative estimate of drug-likeness (QED) is 0.660. The van der Waals surface area contributed by atoms with Gasteiger partial charge in [-0.15, -0.1) is 0 Å². The Kier molecular flexibility index (Phi) is 2.88. The van der Waals surface area contributed by atoms with Crippen LogP contribution in [0.2, 0.25) is 0 Å². The van der Waals surface area contributed by atoms with Crippen LogP contribution in [-0.4, -0.2) is 34.3 Å². The van der Waals surface area contributed by atoms with Crippen molar-refractivity contribution < 1.29 is 13.2 Å². The van der Waals surface area contributed by atoms with Gasteiger partial charge in [-0.05, 0) is 0 Å². The number of aromatic nitrogens is 4. The summed E-state index contributed by atoms with van der Waals surface area (Å²) in [6.07, 6.45) is 3.88. The first kappa shape index (κ1) is 12.3.